The second-order valence-electron chi connectivity index (χ2n) is 12.2. The number of halogens is 1. The highest BCUT2D eigenvalue weighted by Crippen LogP contribution is 2.38. The second-order valence-corrected chi connectivity index (χ2v) is 12.6. The molecule has 0 aromatic heterocycles. The van der Waals surface area contributed by atoms with E-state index >= 15 is 0 Å². The number of fused-ring (bicyclic) bond motifs is 1. The van der Waals surface area contributed by atoms with Crippen LogP contribution in [0.15, 0.2) is 103 Å². The second kappa shape index (κ2) is 16.5. The maximum absolute atomic E-state index is 12.2. The van der Waals surface area contributed by atoms with Crippen LogP contribution < -0.4 is 18.9 Å². The largest absolute Gasteiger partial charge is 0.488 e. The van der Waals surface area contributed by atoms with Crippen LogP contribution in [0, 0.1) is 18.3 Å². The Morgan fingerprint density at radius 2 is 1.59 bits per heavy atom. The number of benzene rings is 5. The van der Waals surface area contributed by atoms with Crippen LogP contribution in [0.2, 0.25) is 5.02 Å². The first kappa shape index (κ1) is 35.3. The Labute approximate surface area is 301 Å². The van der Waals surface area contributed by atoms with Crippen molar-refractivity contribution in [2.24, 2.45) is 0 Å². The van der Waals surface area contributed by atoms with Gasteiger partial charge in [-0.05, 0) is 70.6 Å². The van der Waals surface area contributed by atoms with Gasteiger partial charge in [0.25, 0.3) is 0 Å². The molecular formula is C41H37ClN2O7. The van der Waals surface area contributed by atoms with Crippen molar-refractivity contribution in [3.63, 3.8) is 0 Å². The fraction of sp³-hybridized carbons (Fsp3) is 0.220. The van der Waals surface area contributed by atoms with Gasteiger partial charge >= 0.3 is 5.97 Å². The van der Waals surface area contributed by atoms with Crippen LogP contribution in [0.4, 0.5) is 0 Å². The minimum atomic E-state index is -1.18. The zero-order valence-electron chi connectivity index (χ0n) is 28.1. The number of rotatable bonds is 14. The highest BCUT2D eigenvalue weighted by Gasteiger charge is 2.27. The molecule has 0 saturated heterocycles. The highest BCUT2D eigenvalue weighted by atomic mass is 35.5. The van der Waals surface area contributed by atoms with Gasteiger partial charge in [-0.3, -0.25) is 9.69 Å². The third kappa shape index (κ3) is 8.62. The lowest BCUT2D eigenvalue weighted by Crippen LogP contribution is -2.43. The van der Waals surface area contributed by atoms with Gasteiger partial charge in [0.1, 0.15) is 44.0 Å². The number of nitriles is 1. The van der Waals surface area contributed by atoms with E-state index in [0.29, 0.717) is 40.9 Å². The van der Waals surface area contributed by atoms with Crippen molar-refractivity contribution in [2.75, 3.05) is 19.8 Å². The lowest BCUT2D eigenvalue weighted by molar-refractivity contribution is -0.145. The van der Waals surface area contributed by atoms with E-state index < -0.39 is 18.6 Å². The van der Waals surface area contributed by atoms with Crippen LogP contribution >= 0.6 is 11.6 Å². The van der Waals surface area contributed by atoms with Crippen LogP contribution in [0.3, 0.4) is 0 Å². The van der Waals surface area contributed by atoms with Crippen molar-refractivity contribution in [2.45, 2.75) is 39.3 Å². The standard InChI is InChI=1S/C41H37ClN2O7/c1-27-32(11-6-12-34(27)31-13-14-37-40(19-31)49-16-15-48-37)26-51-39-20-38(50-25-30-10-5-9-29(17-30)21-43)33(18-35(39)42)23-44(36(24-45)41(46)47)22-28-7-3-2-4-8-28/h2-14,17-20,36,45H,15-16,22-26H2,1H3,(H,46,47). The average Bonchev–Trinajstić information content (AvgIpc) is 3.15. The summed E-state index contributed by atoms with van der Waals surface area (Å²) in [6.07, 6.45) is 0. The van der Waals surface area contributed by atoms with E-state index in [1.165, 1.54) is 0 Å². The van der Waals surface area contributed by atoms with Gasteiger partial charge in [0.05, 0.1) is 23.3 Å². The molecule has 51 heavy (non-hydrogen) atoms. The number of carboxylic acid groups (broad SMARTS) is 1. The predicted octanol–water partition coefficient (Wildman–Crippen LogP) is 7.56. The van der Waals surface area contributed by atoms with Crippen molar-refractivity contribution >= 4 is 17.6 Å². The van der Waals surface area contributed by atoms with E-state index in [-0.39, 0.29) is 26.3 Å². The first-order chi connectivity index (χ1) is 24.8. The van der Waals surface area contributed by atoms with E-state index in [4.69, 9.17) is 30.5 Å². The number of aliphatic carboxylic acids is 1. The Morgan fingerprint density at radius 1 is 0.843 bits per heavy atom. The molecule has 260 valence electrons. The number of aliphatic hydroxyl groups is 1. The highest BCUT2D eigenvalue weighted by molar-refractivity contribution is 6.32. The third-order valence-corrected chi connectivity index (χ3v) is 9.04. The monoisotopic (exact) mass is 704 g/mol. The lowest BCUT2D eigenvalue weighted by atomic mass is 9.96. The number of carboxylic acids is 1. The SMILES string of the molecule is Cc1c(COc2cc(OCc3cccc(C#N)c3)c(CN(Cc3ccccc3)C(CO)C(=O)O)cc2Cl)cccc1-c1ccc2c(c1)OCCO2. The lowest BCUT2D eigenvalue weighted by Gasteiger charge is -2.29. The van der Waals surface area contributed by atoms with Gasteiger partial charge < -0.3 is 29.2 Å². The van der Waals surface area contributed by atoms with Crippen molar-refractivity contribution in [3.8, 4) is 40.2 Å². The summed E-state index contributed by atoms with van der Waals surface area (Å²) in [6.45, 7) is 3.22. The van der Waals surface area contributed by atoms with Gasteiger partial charge in [-0.1, -0.05) is 78.3 Å². The fourth-order valence-corrected chi connectivity index (χ4v) is 6.26. The molecule has 5 aromatic carbocycles. The smallest absolute Gasteiger partial charge is 0.323 e. The molecule has 5 aromatic rings. The van der Waals surface area contributed by atoms with E-state index in [0.717, 1.165) is 44.9 Å². The summed E-state index contributed by atoms with van der Waals surface area (Å²) in [7, 11) is 0. The number of hydrogen-bond acceptors (Lipinski definition) is 8. The molecule has 10 heteroatoms. The summed E-state index contributed by atoms with van der Waals surface area (Å²) >= 11 is 6.85. The molecule has 1 heterocycles. The normalized spacial score (nSPS) is 12.6. The van der Waals surface area contributed by atoms with Gasteiger partial charge in [0.2, 0.25) is 0 Å². The summed E-state index contributed by atoms with van der Waals surface area (Å²) in [4.78, 5) is 13.9. The number of ether oxygens (including phenoxy) is 4. The Morgan fingerprint density at radius 3 is 2.35 bits per heavy atom. The summed E-state index contributed by atoms with van der Waals surface area (Å²) in [5.74, 6) is 1.11. The Balaban J connectivity index is 1.29. The zero-order valence-corrected chi connectivity index (χ0v) is 28.8. The average molecular weight is 705 g/mol. The third-order valence-electron chi connectivity index (χ3n) is 8.75. The Hall–Kier alpha value is -5.53. The Bertz CT molecular complexity index is 2050. The number of aliphatic hydroxyl groups excluding tert-OH is 1. The van der Waals surface area contributed by atoms with Gasteiger partial charge in [0, 0.05) is 24.7 Å². The van der Waals surface area contributed by atoms with Gasteiger partial charge in [-0.25, -0.2) is 0 Å². The quantitative estimate of drug-likeness (QED) is 0.121. The first-order valence-corrected chi connectivity index (χ1v) is 16.9. The van der Waals surface area contributed by atoms with E-state index in [1.54, 1.807) is 35.2 Å². The minimum Gasteiger partial charge on any atom is -0.488 e. The molecule has 2 N–H and O–H groups in total. The summed E-state index contributed by atoms with van der Waals surface area (Å²) in [6, 6.07) is 32.9. The summed E-state index contributed by atoms with van der Waals surface area (Å²) in [5, 5.41) is 29.8. The molecule has 6 rings (SSSR count). The molecule has 1 unspecified atom stereocenters. The molecule has 0 amide bonds. The van der Waals surface area contributed by atoms with Crippen molar-refractivity contribution in [1.82, 2.24) is 4.90 Å². The molecule has 0 spiro atoms. The molecular weight excluding hydrogens is 668 g/mol. The maximum atomic E-state index is 12.2. The van der Waals surface area contributed by atoms with Crippen molar-refractivity contribution in [3.05, 3.63) is 142 Å². The predicted molar refractivity (Wildman–Crippen MR) is 193 cm³/mol. The molecule has 0 fully saturated rings. The molecule has 0 aliphatic carbocycles. The molecule has 0 saturated carbocycles. The van der Waals surface area contributed by atoms with Gasteiger partial charge in [-0.2, -0.15) is 5.26 Å². The molecule has 1 aliphatic rings. The van der Waals surface area contributed by atoms with E-state index in [9.17, 15) is 20.3 Å². The number of carbonyl (C=O) groups is 1. The van der Waals surface area contributed by atoms with Crippen LogP contribution in [0.1, 0.15) is 33.4 Å². The first-order valence-electron chi connectivity index (χ1n) is 16.5. The number of hydrogen-bond donors (Lipinski definition) is 2. The maximum Gasteiger partial charge on any atom is 0.323 e. The van der Waals surface area contributed by atoms with Crippen LogP contribution in [0.5, 0.6) is 23.0 Å². The van der Waals surface area contributed by atoms with E-state index in [1.807, 2.05) is 73.7 Å². The van der Waals surface area contributed by atoms with Crippen LogP contribution in [0.25, 0.3) is 11.1 Å². The number of nitrogens with zero attached hydrogens (tertiary/aromatic N) is 2. The van der Waals surface area contributed by atoms with Gasteiger partial charge in [-0.15, -0.1) is 0 Å². The molecule has 1 atom stereocenters. The molecule has 9 nitrogen and oxygen atoms in total. The summed E-state index contributed by atoms with van der Waals surface area (Å²) < 4.78 is 24.2. The van der Waals surface area contributed by atoms with Crippen LogP contribution in [-0.4, -0.2) is 46.9 Å². The Kier molecular flexibility index (Phi) is 11.4. The zero-order chi connectivity index (χ0) is 35.7. The summed E-state index contributed by atoms with van der Waals surface area (Å²) in [5.41, 5.74) is 6.81. The molecule has 0 radical (unpaired) electrons. The molecule has 0 bridgehead atoms. The van der Waals surface area contributed by atoms with Gasteiger partial charge in [0.15, 0.2) is 11.5 Å². The van der Waals surface area contributed by atoms with E-state index in [2.05, 4.69) is 12.1 Å². The molecule has 1 aliphatic heterocycles. The van der Waals surface area contributed by atoms with Crippen LogP contribution in [-0.2, 0) is 31.1 Å². The fourth-order valence-electron chi connectivity index (χ4n) is 6.02. The van der Waals surface area contributed by atoms with Crippen molar-refractivity contribution < 1.29 is 34.0 Å². The van der Waals surface area contributed by atoms with Crippen molar-refractivity contribution in [1.29, 1.82) is 5.26 Å². The topological polar surface area (TPSA) is 121 Å². The minimum absolute atomic E-state index is 0.108.